The third-order valence-electron chi connectivity index (χ3n) is 3.04. The molecule has 24 heavy (non-hydrogen) atoms. The third kappa shape index (κ3) is 4.88. The molecule has 0 aliphatic carbocycles. The fraction of sp³-hybridized carbons (Fsp3) is 0.111. The number of rotatable bonds is 7. The van der Waals surface area contributed by atoms with Gasteiger partial charge in [-0.15, -0.1) is 0 Å². The lowest BCUT2D eigenvalue weighted by Gasteiger charge is -2.12. The van der Waals surface area contributed by atoms with E-state index in [1.165, 1.54) is 24.3 Å². The first-order valence-corrected chi connectivity index (χ1v) is 7.19. The van der Waals surface area contributed by atoms with Gasteiger partial charge < -0.3 is 14.6 Å². The smallest absolute Gasteiger partial charge is 0.411 e. The van der Waals surface area contributed by atoms with Crippen molar-refractivity contribution in [3.63, 3.8) is 0 Å². The van der Waals surface area contributed by atoms with Gasteiger partial charge in [0.25, 0.3) is 0 Å². The first kappa shape index (κ1) is 17.1. The van der Waals surface area contributed by atoms with Crippen molar-refractivity contribution in [3.05, 3.63) is 72.3 Å². The number of amides is 1. The predicted octanol–water partition coefficient (Wildman–Crippen LogP) is 3.70. The first-order chi connectivity index (χ1) is 11.6. The molecule has 2 rings (SSSR count). The number of carbonyl (C=O) groups excluding carboxylic acids is 1. The van der Waals surface area contributed by atoms with Gasteiger partial charge in [-0.05, 0) is 17.7 Å². The Balaban J connectivity index is 2.12. The quantitative estimate of drug-likeness (QED) is 0.757. The lowest BCUT2D eigenvalue weighted by atomic mass is 10.1. The van der Waals surface area contributed by atoms with Crippen molar-refractivity contribution in [2.24, 2.45) is 0 Å². The molecule has 0 fully saturated rings. The van der Waals surface area contributed by atoms with E-state index in [4.69, 9.17) is 9.47 Å². The van der Waals surface area contributed by atoms with Crippen molar-refractivity contribution in [2.75, 3.05) is 11.9 Å². The van der Waals surface area contributed by atoms with E-state index in [-0.39, 0.29) is 17.9 Å². The van der Waals surface area contributed by atoms with Crippen molar-refractivity contribution < 1.29 is 24.2 Å². The number of carboxylic acid groups (broad SMARTS) is 1. The third-order valence-corrected chi connectivity index (χ3v) is 3.04. The summed E-state index contributed by atoms with van der Waals surface area (Å²) in [6.07, 6.45) is 0.648. The van der Waals surface area contributed by atoms with Crippen LogP contribution in [0.4, 0.5) is 10.5 Å². The molecule has 2 aromatic rings. The van der Waals surface area contributed by atoms with Gasteiger partial charge in [0.2, 0.25) is 0 Å². The molecule has 0 bridgehead atoms. The Kier molecular flexibility index (Phi) is 5.96. The maximum Gasteiger partial charge on any atom is 0.411 e. The highest BCUT2D eigenvalue weighted by Crippen LogP contribution is 2.24. The van der Waals surface area contributed by atoms with E-state index in [2.05, 4.69) is 11.9 Å². The summed E-state index contributed by atoms with van der Waals surface area (Å²) < 4.78 is 10.4. The first-order valence-electron chi connectivity index (χ1n) is 7.19. The highest BCUT2D eigenvalue weighted by Gasteiger charge is 2.14. The van der Waals surface area contributed by atoms with E-state index >= 15 is 0 Å². The zero-order chi connectivity index (χ0) is 17.4. The van der Waals surface area contributed by atoms with E-state index in [1.807, 2.05) is 30.3 Å². The standard InChI is InChI=1S/C18H17NO5/c1-2-10-23-18(22)19-16-11-14(8-9-15(16)17(20)21)24-12-13-6-4-3-5-7-13/h2-9,11H,1,10,12H2,(H,19,22)(H,20,21). The van der Waals surface area contributed by atoms with Gasteiger partial charge in [-0.25, -0.2) is 9.59 Å². The Morgan fingerprint density at radius 2 is 1.92 bits per heavy atom. The lowest BCUT2D eigenvalue weighted by molar-refractivity contribution is 0.0698. The minimum absolute atomic E-state index is 0.0262. The largest absolute Gasteiger partial charge is 0.489 e. The van der Waals surface area contributed by atoms with Gasteiger partial charge in [-0.3, -0.25) is 5.32 Å². The molecule has 0 aromatic heterocycles. The maximum atomic E-state index is 11.6. The van der Waals surface area contributed by atoms with Crippen molar-refractivity contribution in [1.82, 2.24) is 0 Å². The molecule has 0 saturated heterocycles. The molecular weight excluding hydrogens is 310 g/mol. The number of aromatic carboxylic acids is 1. The van der Waals surface area contributed by atoms with Gasteiger partial charge in [-0.1, -0.05) is 43.0 Å². The van der Waals surface area contributed by atoms with E-state index < -0.39 is 12.1 Å². The van der Waals surface area contributed by atoms with E-state index in [0.717, 1.165) is 5.56 Å². The second kappa shape index (κ2) is 8.38. The van der Waals surface area contributed by atoms with Crippen LogP contribution in [0.5, 0.6) is 5.75 Å². The maximum absolute atomic E-state index is 11.6. The van der Waals surface area contributed by atoms with Gasteiger partial charge in [0.05, 0.1) is 11.3 Å². The Hall–Kier alpha value is -3.28. The van der Waals surface area contributed by atoms with Crippen molar-refractivity contribution >= 4 is 17.7 Å². The summed E-state index contributed by atoms with van der Waals surface area (Å²) in [5.41, 5.74) is 1.01. The van der Waals surface area contributed by atoms with Crippen LogP contribution in [0.1, 0.15) is 15.9 Å². The SMILES string of the molecule is C=CCOC(=O)Nc1cc(OCc2ccccc2)ccc1C(=O)O. The molecule has 124 valence electrons. The fourth-order valence-electron chi connectivity index (χ4n) is 1.92. The van der Waals surface area contributed by atoms with Crippen LogP contribution in [0.15, 0.2) is 61.2 Å². The zero-order valence-corrected chi connectivity index (χ0v) is 12.9. The zero-order valence-electron chi connectivity index (χ0n) is 12.9. The van der Waals surface area contributed by atoms with E-state index in [0.29, 0.717) is 12.4 Å². The Morgan fingerprint density at radius 1 is 1.17 bits per heavy atom. The van der Waals surface area contributed by atoms with Crippen LogP contribution >= 0.6 is 0 Å². The molecule has 2 aromatic carbocycles. The molecule has 0 spiro atoms. The van der Waals surface area contributed by atoms with Gasteiger partial charge in [0, 0.05) is 6.07 Å². The number of benzene rings is 2. The van der Waals surface area contributed by atoms with E-state index in [1.54, 1.807) is 0 Å². The summed E-state index contributed by atoms with van der Waals surface area (Å²) in [6, 6.07) is 13.9. The molecule has 0 aliphatic heterocycles. The topological polar surface area (TPSA) is 84.9 Å². The van der Waals surface area contributed by atoms with Crippen molar-refractivity contribution in [2.45, 2.75) is 6.61 Å². The normalized spacial score (nSPS) is 9.83. The highest BCUT2D eigenvalue weighted by molar-refractivity contribution is 5.99. The number of anilines is 1. The summed E-state index contributed by atoms with van der Waals surface area (Å²) >= 11 is 0. The lowest BCUT2D eigenvalue weighted by Crippen LogP contribution is -2.16. The molecule has 6 nitrogen and oxygen atoms in total. The van der Waals surface area contributed by atoms with Crippen LogP contribution in [-0.4, -0.2) is 23.8 Å². The Morgan fingerprint density at radius 3 is 2.58 bits per heavy atom. The second-order valence-electron chi connectivity index (χ2n) is 4.80. The minimum Gasteiger partial charge on any atom is -0.489 e. The summed E-state index contributed by atoms with van der Waals surface area (Å²) in [5, 5.41) is 11.6. The number of hydrogen-bond donors (Lipinski definition) is 2. The Labute approximate surface area is 139 Å². The molecule has 6 heteroatoms. The molecule has 0 aliphatic rings. The molecule has 0 unspecified atom stereocenters. The van der Waals surface area contributed by atoms with Crippen molar-refractivity contribution in [3.8, 4) is 5.75 Å². The minimum atomic E-state index is -1.16. The highest BCUT2D eigenvalue weighted by atomic mass is 16.5. The fourth-order valence-corrected chi connectivity index (χ4v) is 1.92. The molecule has 0 saturated carbocycles. The predicted molar refractivity (Wildman–Crippen MR) is 89.3 cm³/mol. The van der Waals surface area contributed by atoms with Gasteiger partial charge in [0.15, 0.2) is 0 Å². The Bertz CT molecular complexity index is 727. The van der Waals surface area contributed by atoms with Crippen LogP contribution in [0.25, 0.3) is 0 Å². The molecule has 1 amide bonds. The molecular formula is C18H17NO5. The van der Waals surface area contributed by atoms with Crippen molar-refractivity contribution in [1.29, 1.82) is 0 Å². The van der Waals surface area contributed by atoms with Gasteiger partial charge in [0.1, 0.15) is 19.0 Å². The van der Waals surface area contributed by atoms with Crippen LogP contribution in [-0.2, 0) is 11.3 Å². The summed E-state index contributed by atoms with van der Waals surface area (Å²) in [6.45, 7) is 3.79. The van der Waals surface area contributed by atoms with Gasteiger partial charge >= 0.3 is 12.1 Å². The summed E-state index contributed by atoms with van der Waals surface area (Å²) in [5.74, 6) is -0.730. The molecule has 0 heterocycles. The summed E-state index contributed by atoms with van der Waals surface area (Å²) in [7, 11) is 0. The number of ether oxygens (including phenoxy) is 2. The van der Waals surface area contributed by atoms with Crippen LogP contribution in [0.2, 0.25) is 0 Å². The van der Waals surface area contributed by atoms with Crippen LogP contribution < -0.4 is 10.1 Å². The second-order valence-corrected chi connectivity index (χ2v) is 4.80. The number of carboxylic acids is 1. The number of carbonyl (C=O) groups is 2. The average molecular weight is 327 g/mol. The van der Waals surface area contributed by atoms with E-state index in [9.17, 15) is 14.7 Å². The molecule has 0 radical (unpaired) electrons. The number of nitrogens with one attached hydrogen (secondary N) is 1. The average Bonchev–Trinajstić information content (AvgIpc) is 2.59. The molecule has 0 atom stereocenters. The monoisotopic (exact) mass is 327 g/mol. The van der Waals surface area contributed by atoms with Gasteiger partial charge in [-0.2, -0.15) is 0 Å². The summed E-state index contributed by atoms with van der Waals surface area (Å²) in [4.78, 5) is 22.9. The van der Waals surface area contributed by atoms with Crippen LogP contribution in [0, 0.1) is 0 Å². The molecule has 2 N–H and O–H groups in total. The van der Waals surface area contributed by atoms with Crippen LogP contribution in [0.3, 0.4) is 0 Å². The number of hydrogen-bond acceptors (Lipinski definition) is 4.